The fraction of sp³-hybridized carbons (Fsp3) is 0.765. The lowest BCUT2D eigenvalue weighted by molar-refractivity contribution is 0.0865. The summed E-state index contributed by atoms with van der Waals surface area (Å²) in [5.74, 6) is 1.12. The lowest BCUT2D eigenvalue weighted by atomic mass is 9.75. The average Bonchev–Trinajstić information content (AvgIpc) is 3.18. The predicted octanol–water partition coefficient (Wildman–Crippen LogP) is 3.41. The second-order valence-corrected chi connectivity index (χ2v) is 6.72. The highest BCUT2D eigenvalue weighted by Gasteiger charge is 2.38. The highest BCUT2D eigenvalue weighted by atomic mass is 16.3. The normalized spacial score (nSPS) is 22.3. The zero-order chi connectivity index (χ0) is 13.8. The number of nitrogens with one attached hydrogen (secondary N) is 1. The molecule has 112 valence electrons. The third-order valence-corrected chi connectivity index (χ3v) is 4.99. The largest absolute Gasteiger partial charge is 0.468 e. The molecule has 3 nitrogen and oxygen atoms in total. The minimum Gasteiger partial charge on any atom is -0.468 e. The van der Waals surface area contributed by atoms with Crippen LogP contribution in [0.2, 0.25) is 0 Å². The lowest BCUT2D eigenvalue weighted by Gasteiger charge is -2.41. The molecule has 0 unspecified atom stereocenters. The van der Waals surface area contributed by atoms with Crippen LogP contribution in [0.15, 0.2) is 22.8 Å². The van der Waals surface area contributed by atoms with Crippen LogP contribution in [-0.2, 0) is 6.54 Å². The van der Waals surface area contributed by atoms with E-state index in [0.717, 1.165) is 18.3 Å². The molecule has 3 rings (SSSR count). The highest BCUT2D eigenvalue weighted by molar-refractivity contribution is 5.01. The predicted molar refractivity (Wildman–Crippen MR) is 81.6 cm³/mol. The molecule has 1 N–H and O–H groups in total. The molecule has 0 amide bonds. The van der Waals surface area contributed by atoms with E-state index < -0.39 is 0 Å². The zero-order valence-corrected chi connectivity index (χ0v) is 12.7. The average molecular weight is 276 g/mol. The number of hydrogen-bond acceptors (Lipinski definition) is 3. The van der Waals surface area contributed by atoms with Gasteiger partial charge in [0.15, 0.2) is 0 Å². The van der Waals surface area contributed by atoms with Gasteiger partial charge in [0.05, 0.1) is 12.8 Å². The van der Waals surface area contributed by atoms with Gasteiger partial charge in [-0.15, -0.1) is 0 Å². The van der Waals surface area contributed by atoms with Crippen LogP contribution >= 0.6 is 0 Å². The van der Waals surface area contributed by atoms with E-state index in [1.165, 1.54) is 58.2 Å². The van der Waals surface area contributed by atoms with Crippen LogP contribution in [0.4, 0.5) is 0 Å². The Morgan fingerprint density at radius 2 is 2.15 bits per heavy atom. The summed E-state index contributed by atoms with van der Waals surface area (Å²) in [6.45, 7) is 6.97. The van der Waals surface area contributed by atoms with Gasteiger partial charge < -0.3 is 9.73 Å². The van der Waals surface area contributed by atoms with Crippen LogP contribution in [0.1, 0.15) is 51.2 Å². The Balaban J connectivity index is 1.67. The fourth-order valence-corrected chi connectivity index (χ4v) is 3.76. The Morgan fingerprint density at radius 1 is 1.35 bits per heavy atom. The van der Waals surface area contributed by atoms with E-state index >= 15 is 0 Å². The van der Waals surface area contributed by atoms with Crippen molar-refractivity contribution in [1.29, 1.82) is 0 Å². The van der Waals surface area contributed by atoms with E-state index in [0.29, 0.717) is 5.41 Å². The van der Waals surface area contributed by atoms with Crippen molar-refractivity contribution in [3.05, 3.63) is 24.2 Å². The van der Waals surface area contributed by atoms with Crippen LogP contribution < -0.4 is 5.32 Å². The Kier molecular flexibility index (Phi) is 4.47. The fourth-order valence-electron chi connectivity index (χ4n) is 3.76. The van der Waals surface area contributed by atoms with Crippen molar-refractivity contribution in [2.75, 3.05) is 19.6 Å². The maximum absolute atomic E-state index is 5.57. The summed E-state index contributed by atoms with van der Waals surface area (Å²) in [6.07, 6.45) is 9.90. The molecule has 2 fully saturated rings. The number of rotatable bonds is 7. The third kappa shape index (κ3) is 3.44. The summed E-state index contributed by atoms with van der Waals surface area (Å²) in [5, 5.41) is 3.52. The van der Waals surface area contributed by atoms with Crippen molar-refractivity contribution in [2.45, 2.75) is 58.0 Å². The smallest absolute Gasteiger partial charge is 0.117 e. The molecule has 1 saturated carbocycles. The summed E-state index contributed by atoms with van der Waals surface area (Å²) < 4.78 is 5.57. The SMILES string of the molecule is CCCC1(CN(Cc2ccco2)C2CC2)CCNCC1. The van der Waals surface area contributed by atoms with Crippen molar-refractivity contribution in [3.8, 4) is 0 Å². The first-order chi connectivity index (χ1) is 9.81. The monoisotopic (exact) mass is 276 g/mol. The molecule has 0 aromatic carbocycles. The molecule has 0 spiro atoms. The van der Waals surface area contributed by atoms with Crippen LogP contribution in [0.5, 0.6) is 0 Å². The van der Waals surface area contributed by atoms with Crippen molar-refractivity contribution in [1.82, 2.24) is 10.2 Å². The minimum atomic E-state index is 0.537. The molecule has 1 aromatic heterocycles. The van der Waals surface area contributed by atoms with Crippen LogP contribution in [0, 0.1) is 5.41 Å². The van der Waals surface area contributed by atoms with E-state index in [1.807, 2.05) is 6.07 Å². The molecule has 1 aliphatic carbocycles. The molecule has 0 bridgehead atoms. The van der Waals surface area contributed by atoms with Crippen molar-refractivity contribution in [3.63, 3.8) is 0 Å². The second kappa shape index (κ2) is 6.31. The highest BCUT2D eigenvalue weighted by Crippen LogP contribution is 2.39. The topological polar surface area (TPSA) is 28.4 Å². The van der Waals surface area contributed by atoms with Crippen LogP contribution in [0.3, 0.4) is 0 Å². The molecular formula is C17H28N2O. The molecule has 1 aromatic rings. The number of hydrogen-bond donors (Lipinski definition) is 1. The van der Waals surface area contributed by atoms with Gasteiger partial charge in [0.1, 0.15) is 5.76 Å². The summed E-state index contributed by atoms with van der Waals surface area (Å²) in [7, 11) is 0. The molecule has 1 saturated heterocycles. The van der Waals surface area contributed by atoms with Crippen molar-refractivity contribution < 1.29 is 4.42 Å². The molecule has 20 heavy (non-hydrogen) atoms. The number of nitrogens with zero attached hydrogens (tertiary/aromatic N) is 1. The minimum absolute atomic E-state index is 0.537. The molecule has 2 aliphatic rings. The van der Waals surface area contributed by atoms with E-state index in [2.05, 4.69) is 23.2 Å². The zero-order valence-electron chi connectivity index (χ0n) is 12.7. The quantitative estimate of drug-likeness (QED) is 0.827. The van der Waals surface area contributed by atoms with Gasteiger partial charge in [-0.05, 0) is 62.7 Å². The molecule has 0 radical (unpaired) electrons. The summed E-state index contributed by atoms with van der Waals surface area (Å²) >= 11 is 0. The second-order valence-electron chi connectivity index (χ2n) is 6.72. The standard InChI is InChI=1S/C17H28N2O/c1-2-7-17(8-10-18-11-9-17)14-19(15-5-6-15)13-16-4-3-12-20-16/h3-4,12,15,18H,2,5-11,13-14H2,1H3. The van der Waals surface area contributed by atoms with Gasteiger partial charge in [-0.25, -0.2) is 0 Å². The van der Waals surface area contributed by atoms with Gasteiger partial charge in [0.2, 0.25) is 0 Å². The summed E-state index contributed by atoms with van der Waals surface area (Å²) in [4.78, 5) is 2.69. The maximum atomic E-state index is 5.57. The van der Waals surface area contributed by atoms with E-state index in [-0.39, 0.29) is 0 Å². The summed E-state index contributed by atoms with van der Waals surface area (Å²) in [6, 6.07) is 4.93. The van der Waals surface area contributed by atoms with E-state index in [9.17, 15) is 0 Å². The first-order valence-electron chi connectivity index (χ1n) is 8.28. The third-order valence-electron chi connectivity index (χ3n) is 4.99. The van der Waals surface area contributed by atoms with Gasteiger partial charge in [-0.2, -0.15) is 0 Å². The Labute approximate surface area is 122 Å². The molecule has 0 atom stereocenters. The van der Waals surface area contributed by atoms with E-state index in [1.54, 1.807) is 6.26 Å². The van der Waals surface area contributed by atoms with E-state index in [4.69, 9.17) is 4.42 Å². The van der Waals surface area contributed by atoms with Gasteiger partial charge in [0, 0.05) is 12.6 Å². The molecule has 2 heterocycles. The van der Waals surface area contributed by atoms with Crippen LogP contribution in [-0.4, -0.2) is 30.6 Å². The molecule has 1 aliphatic heterocycles. The maximum Gasteiger partial charge on any atom is 0.117 e. The molecular weight excluding hydrogens is 248 g/mol. The first kappa shape index (κ1) is 14.2. The van der Waals surface area contributed by atoms with Gasteiger partial charge in [0.25, 0.3) is 0 Å². The van der Waals surface area contributed by atoms with Gasteiger partial charge >= 0.3 is 0 Å². The van der Waals surface area contributed by atoms with Crippen molar-refractivity contribution in [2.24, 2.45) is 5.41 Å². The summed E-state index contributed by atoms with van der Waals surface area (Å²) in [5.41, 5.74) is 0.537. The number of piperidine rings is 1. The van der Waals surface area contributed by atoms with Gasteiger partial charge in [-0.3, -0.25) is 4.90 Å². The lowest BCUT2D eigenvalue weighted by Crippen LogP contribution is -2.45. The Morgan fingerprint density at radius 3 is 2.75 bits per heavy atom. The Hall–Kier alpha value is -0.800. The number of furan rings is 1. The Bertz CT molecular complexity index is 386. The van der Waals surface area contributed by atoms with Gasteiger partial charge in [-0.1, -0.05) is 13.3 Å². The van der Waals surface area contributed by atoms with Crippen molar-refractivity contribution >= 4 is 0 Å². The first-order valence-corrected chi connectivity index (χ1v) is 8.28. The molecule has 3 heteroatoms. The van der Waals surface area contributed by atoms with Crippen LogP contribution in [0.25, 0.3) is 0 Å².